The van der Waals surface area contributed by atoms with Gasteiger partial charge in [0.25, 0.3) is 5.69 Å². The van der Waals surface area contributed by atoms with Crippen molar-refractivity contribution in [3.63, 3.8) is 0 Å². The van der Waals surface area contributed by atoms with Gasteiger partial charge in [-0.3, -0.25) is 14.9 Å². The molecule has 0 heterocycles. The molecule has 0 aromatic heterocycles. The van der Waals surface area contributed by atoms with Gasteiger partial charge < -0.3 is 0 Å². The molecule has 0 amide bonds. The molecule has 0 radical (unpaired) electrons. The summed E-state index contributed by atoms with van der Waals surface area (Å²) in [4.78, 5) is 21.5. The predicted octanol–water partition coefficient (Wildman–Crippen LogP) is 2.75. The Morgan fingerprint density at radius 2 is 2.12 bits per heavy atom. The Labute approximate surface area is 94.4 Å². The van der Waals surface area contributed by atoms with Gasteiger partial charge in [-0.15, -0.1) is 0 Å². The van der Waals surface area contributed by atoms with Crippen LogP contribution in [0.5, 0.6) is 0 Å². The Morgan fingerprint density at radius 3 is 2.69 bits per heavy atom. The third-order valence-electron chi connectivity index (χ3n) is 2.43. The average molecular weight is 221 g/mol. The first-order chi connectivity index (χ1) is 7.50. The summed E-state index contributed by atoms with van der Waals surface area (Å²) in [7, 11) is 0. The maximum atomic E-state index is 11.4. The molecule has 16 heavy (non-hydrogen) atoms. The van der Waals surface area contributed by atoms with Crippen LogP contribution in [0.2, 0.25) is 0 Å². The molecule has 86 valence electrons. The fraction of sp³-hybridized carbons (Fsp3) is 0.417. The molecule has 1 aromatic rings. The number of hydrogen-bond acceptors (Lipinski definition) is 3. The summed E-state index contributed by atoms with van der Waals surface area (Å²) in [6.45, 7) is 3.71. The van der Waals surface area contributed by atoms with Gasteiger partial charge in [0.15, 0.2) is 0 Å². The number of Topliss-reactive ketones (excluding diaryl/α,β-unsaturated/α-hetero) is 1. The largest absolute Gasteiger partial charge is 0.299 e. The summed E-state index contributed by atoms with van der Waals surface area (Å²) in [6.07, 6.45) is 1.01. The number of carbonyl (C=O) groups excluding carboxylic acids is 1. The van der Waals surface area contributed by atoms with Crippen molar-refractivity contribution in [1.82, 2.24) is 0 Å². The molecule has 0 unspecified atom stereocenters. The van der Waals surface area contributed by atoms with Gasteiger partial charge in [-0.1, -0.05) is 26.0 Å². The number of hydrogen-bond donors (Lipinski definition) is 0. The maximum absolute atomic E-state index is 11.4. The second-order valence-electron chi connectivity index (χ2n) is 4.05. The number of nitro benzene ring substituents is 1. The van der Waals surface area contributed by atoms with Gasteiger partial charge >= 0.3 is 0 Å². The second kappa shape index (κ2) is 5.39. The van der Waals surface area contributed by atoms with Gasteiger partial charge in [0, 0.05) is 24.5 Å². The van der Waals surface area contributed by atoms with Crippen molar-refractivity contribution in [2.45, 2.75) is 26.7 Å². The SMILES string of the molecule is CC(C)C(=O)CCc1cccc([N+](=O)[O-])c1. The van der Waals surface area contributed by atoms with Crippen LogP contribution in [0.15, 0.2) is 24.3 Å². The Hall–Kier alpha value is -1.71. The first kappa shape index (κ1) is 12.4. The van der Waals surface area contributed by atoms with Crippen molar-refractivity contribution in [2.75, 3.05) is 0 Å². The lowest BCUT2D eigenvalue weighted by molar-refractivity contribution is -0.384. The van der Waals surface area contributed by atoms with E-state index >= 15 is 0 Å². The van der Waals surface area contributed by atoms with Crippen molar-refractivity contribution in [3.05, 3.63) is 39.9 Å². The van der Waals surface area contributed by atoms with Gasteiger partial charge in [0.2, 0.25) is 0 Å². The van der Waals surface area contributed by atoms with Crippen LogP contribution in [0.25, 0.3) is 0 Å². The molecule has 0 fully saturated rings. The summed E-state index contributed by atoms with van der Waals surface area (Å²) in [5.74, 6) is 0.213. The van der Waals surface area contributed by atoms with Crippen LogP contribution >= 0.6 is 0 Å². The number of carbonyl (C=O) groups is 1. The lowest BCUT2D eigenvalue weighted by atomic mass is 10.0. The molecule has 0 atom stereocenters. The van der Waals surface area contributed by atoms with Gasteiger partial charge in [0.1, 0.15) is 5.78 Å². The van der Waals surface area contributed by atoms with E-state index in [1.807, 2.05) is 13.8 Å². The standard InChI is InChI=1S/C12H15NO3/c1-9(2)12(14)7-6-10-4-3-5-11(8-10)13(15)16/h3-5,8-9H,6-7H2,1-2H3. The fourth-order valence-electron chi connectivity index (χ4n) is 1.38. The molecule has 0 N–H and O–H groups in total. The molecule has 0 aliphatic heterocycles. The summed E-state index contributed by atoms with van der Waals surface area (Å²) < 4.78 is 0. The zero-order chi connectivity index (χ0) is 12.1. The fourth-order valence-corrected chi connectivity index (χ4v) is 1.38. The second-order valence-corrected chi connectivity index (χ2v) is 4.05. The molecule has 0 spiro atoms. The van der Waals surface area contributed by atoms with E-state index in [0.717, 1.165) is 5.56 Å². The zero-order valence-electron chi connectivity index (χ0n) is 9.47. The zero-order valence-corrected chi connectivity index (χ0v) is 9.47. The van der Waals surface area contributed by atoms with E-state index in [1.54, 1.807) is 12.1 Å². The highest BCUT2D eigenvalue weighted by atomic mass is 16.6. The number of benzene rings is 1. The molecule has 0 aliphatic carbocycles. The lowest BCUT2D eigenvalue weighted by Crippen LogP contribution is -2.07. The molecular weight excluding hydrogens is 206 g/mol. The smallest absolute Gasteiger partial charge is 0.269 e. The van der Waals surface area contributed by atoms with Crippen molar-refractivity contribution < 1.29 is 9.72 Å². The van der Waals surface area contributed by atoms with Crippen LogP contribution in [-0.4, -0.2) is 10.7 Å². The number of nitro groups is 1. The lowest BCUT2D eigenvalue weighted by Gasteiger charge is -2.03. The molecule has 0 saturated carbocycles. The minimum absolute atomic E-state index is 0.0266. The quantitative estimate of drug-likeness (QED) is 0.567. The predicted molar refractivity (Wildman–Crippen MR) is 61.3 cm³/mol. The molecule has 4 heteroatoms. The maximum Gasteiger partial charge on any atom is 0.269 e. The Bertz CT molecular complexity index is 399. The Balaban J connectivity index is 2.64. The number of aryl methyl sites for hydroxylation is 1. The van der Waals surface area contributed by atoms with E-state index in [-0.39, 0.29) is 17.4 Å². The van der Waals surface area contributed by atoms with Gasteiger partial charge in [0.05, 0.1) is 4.92 Å². The third-order valence-corrected chi connectivity index (χ3v) is 2.43. The van der Waals surface area contributed by atoms with E-state index in [0.29, 0.717) is 12.8 Å². The van der Waals surface area contributed by atoms with Crippen LogP contribution in [0, 0.1) is 16.0 Å². The topological polar surface area (TPSA) is 60.2 Å². The molecular formula is C12H15NO3. The summed E-state index contributed by atoms with van der Waals surface area (Å²) in [5.41, 5.74) is 0.915. The molecule has 0 saturated heterocycles. The summed E-state index contributed by atoms with van der Waals surface area (Å²) in [6, 6.07) is 6.43. The molecule has 4 nitrogen and oxygen atoms in total. The van der Waals surface area contributed by atoms with Crippen LogP contribution in [0.3, 0.4) is 0 Å². The number of nitrogens with zero attached hydrogens (tertiary/aromatic N) is 1. The highest BCUT2D eigenvalue weighted by Crippen LogP contribution is 2.15. The molecule has 1 aromatic carbocycles. The monoisotopic (exact) mass is 221 g/mol. The summed E-state index contributed by atoms with van der Waals surface area (Å²) in [5, 5.41) is 10.5. The summed E-state index contributed by atoms with van der Waals surface area (Å²) >= 11 is 0. The number of ketones is 1. The van der Waals surface area contributed by atoms with E-state index in [1.165, 1.54) is 12.1 Å². The molecule has 0 aliphatic rings. The van der Waals surface area contributed by atoms with Crippen molar-refractivity contribution >= 4 is 11.5 Å². The van der Waals surface area contributed by atoms with Crippen molar-refractivity contribution in [1.29, 1.82) is 0 Å². The van der Waals surface area contributed by atoms with E-state index in [2.05, 4.69) is 0 Å². The molecule has 1 rings (SSSR count). The average Bonchev–Trinajstić information content (AvgIpc) is 2.26. The normalized spacial score (nSPS) is 10.4. The van der Waals surface area contributed by atoms with E-state index in [9.17, 15) is 14.9 Å². The van der Waals surface area contributed by atoms with Gasteiger partial charge in [-0.2, -0.15) is 0 Å². The minimum atomic E-state index is -0.423. The van der Waals surface area contributed by atoms with Gasteiger partial charge in [-0.25, -0.2) is 0 Å². The highest BCUT2D eigenvalue weighted by molar-refractivity contribution is 5.80. The van der Waals surface area contributed by atoms with Crippen LogP contribution in [0.1, 0.15) is 25.8 Å². The van der Waals surface area contributed by atoms with Crippen LogP contribution in [0.4, 0.5) is 5.69 Å². The number of rotatable bonds is 5. The first-order valence-corrected chi connectivity index (χ1v) is 5.26. The van der Waals surface area contributed by atoms with Crippen LogP contribution < -0.4 is 0 Å². The number of non-ortho nitro benzene ring substituents is 1. The van der Waals surface area contributed by atoms with Crippen molar-refractivity contribution in [2.24, 2.45) is 5.92 Å². The van der Waals surface area contributed by atoms with E-state index in [4.69, 9.17) is 0 Å². The van der Waals surface area contributed by atoms with Crippen LogP contribution in [-0.2, 0) is 11.2 Å². The first-order valence-electron chi connectivity index (χ1n) is 5.26. The van der Waals surface area contributed by atoms with Crippen molar-refractivity contribution in [3.8, 4) is 0 Å². The highest BCUT2D eigenvalue weighted by Gasteiger charge is 2.09. The molecule has 0 bridgehead atoms. The third kappa shape index (κ3) is 3.46. The Morgan fingerprint density at radius 1 is 1.44 bits per heavy atom. The van der Waals surface area contributed by atoms with Gasteiger partial charge in [-0.05, 0) is 12.0 Å². The minimum Gasteiger partial charge on any atom is -0.299 e. The Kier molecular flexibility index (Phi) is 4.17. The van der Waals surface area contributed by atoms with E-state index < -0.39 is 4.92 Å².